The summed E-state index contributed by atoms with van der Waals surface area (Å²) in [4.78, 5) is 43.2. The van der Waals surface area contributed by atoms with E-state index < -0.39 is 22.7 Å². The molecule has 1 aromatic heterocycles. The number of carbonyl (C=O) groups is 2. The molecule has 1 amide bonds. The Kier molecular flexibility index (Phi) is 6.52. The van der Waals surface area contributed by atoms with E-state index in [0.717, 1.165) is 4.70 Å². The highest BCUT2D eigenvalue weighted by Gasteiger charge is 2.48. The minimum atomic E-state index is -1.06. The first kappa shape index (κ1) is 24.9. The van der Waals surface area contributed by atoms with Gasteiger partial charge in [0.15, 0.2) is 5.13 Å². The number of Topliss-reactive ketones (excluding diaryl/α,β-unsaturated/α-hetero) is 1. The van der Waals surface area contributed by atoms with Gasteiger partial charge < -0.3 is 14.6 Å². The minimum absolute atomic E-state index is 0.148. The number of nitro groups is 1. The molecule has 192 valence electrons. The highest BCUT2D eigenvalue weighted by atomic mass is 32.1. The van der Waals surface area contributed by atoms with Gasteiger partial charge in [0.1, 0.15) is 17.3 Å². The van der Waals surface area contributed by atoms with Gasteiger partial charge in [-0.1, -0.05) is 11.3 Å². The predicted molar refractivity (Wildman–Crippen MR) is 142 cm³/mol. The molecule has 1 atom stereocenters. The zero-order chi connectivity index (χ0) is 27.0. The first-order chi connectivity index (χ1) is 18.3. The summed E-state index contributed by atoms with van der Waals surface area (Å²) in [6.07, 6.45) is 0. The molecular weight excluding hydrogens is 510 g/mol. The Labute approximate surface area is 220 Å². The molecule has 0 saturated carbocycles. The fraction of sp³-hybridized carbons (Fsp3) is 0.148. The van der Waals surface area contributed by atoms with Crippen molar-refractivity contribution in [3.05, 3.63) is 93.5 Å². The van der Waals surface area contributed by atoms with Gasteiger partial charge in [0.2, 0.25) is 0 Å². The number of aromatic nitrogens is 1. The fourth-order valence-corrected chi connectivity index (χ4v) is 5.30. The number of rotatable bonds is 7. The topological polar surface area (TPSA) is 132 Å². The number of methoxy groups -OCH3 is 1. The van der Waals surface area contributed by atoms with Crippen molar-refractivity contribution >= 4 is 49.8 Å². The average Bonchev–Trinajstić information content (AvgIpc) is 3.46. The number of non-ortho nitro benzene ring substituents is 1. The Balaban J connectivity index is 1.67. The molecule has 10 nitrogen and oxygen atoms in total. The Morgan fingerprint density at radius 3 is 2.39 bits per heavy atom. The number of carbonyl (C=O) groups excluding carboxylic acids is 2. The number of nitrogens with zero attached hydrogens (tertiary/aromatic N) is 3. The standard InChI is InChI=1S/C27H21N3O7S/c1-3-37-18-10-6-16(7-11-18)24(31)22-23(15-4-8-17(9-5-15)30(34)35)29(26(33)25(22)32)27-28-20-13-12-19(36-2)14-21(20)38-27/h4-14,23,31H,3H2,1-2H3/b24-22+/t23-/m0/s1. The second-order valence-electron chi connectivity index (χ2n) is 8.31. The third kappa shape index (κ3) is 4.33. The van der Waals surface area contributed by atoms with E-state index in [9.17, 15) is 24.8 Å². The molecule has 38 heavy (non-hydrogen) atoms. The number of thiazole rings is 1. The third-order valence-electron chi connectivity index (χ3n) is 6.09. The summed E-state index contributed by atoms with van der Waals surface area (Å²) in [6, 6.07) is 16.2. The molecule has 1 N–H and O–H groups in total. The molecular formula is C27H21N3O7S. The van der Waals surface area contributed by atoms with Crippen molar-refractivity contribution in [1.82, 2.24) is 4.98 Å². The van der Waals surface area contributed by atoms with E-state index in [1.165, 1.54) is 47.6 Å². The van der Waals surface area contributed by atoms with Crippen molar-refractivity contribution < 1.29 is 29.1 Å². The number of ether oxygens (including phenoxy) is 2. The second-order valence-corrected chi connectivity index (χ2v) is 9.31. The number of hydrogen-bond donors (Lipinski definition) is 1. The Hall–Kier alpha value is -4.77. The van der Waals surface area contributed by atoms with Gasteiger partial charge in [0.25, 0.3) is 11.5 Å². The summed E-state index contributed by atoms with van der Waals surface area (Å²) >= 11 is 1.19. The lowest BCUT2D eigenvalue weighted by Crippen LogP contribution is -2.29. The monoisotopic (exact) mass is 531 g/mol. The maximum atomic E-state index is 13.4. The number of amides is 1. The molecule has 0 unspecified atom stereocenters. The van der Waals surface area contributed by atoms with Crippen LogP contribution in [0.1, 0.15) is 24.1 Å². The first-order valence-corrected chi connectivity index (χ1v) is 12.4. The molecule has 0 aliphatic carbocycles. The summed E-state index contributed by atoms with van der Waals surface area (Å²) in [5, 5.41) is 22.7. The molecule has 5 rings (SSSR count). The zero-order valence-corrected chi connectivity index (χ0v) is 21.1. The number of fused-ring (bicyclic) bond motifs is 1. The van der Waals surface area contributed by atoms with Crippen molar-refractivity contribution in [2.75, 3.05) is 18.6 Å². The Morgan fingerprint density at radius 1 is 1.08 bits per heavy atom. The van der Waals surface area contributed by atoms with Crippen LogP contribution in [0.25, 0.3) is 16.0 Å². The number of ketones is 1. The predicted octanol–water partition coefficient (Wildman–Crippen LogP) is 5.24. The average molecular weight is 532 g/mol. The number of hydrogen-bond acceptors (Lipinski definition) is 9. The van der Waals surface area contributed by atoms with Crippen LogP contribution in [0.4, 0.5) is 10.8 Å². The van der Waals surface area contributed by atoms with Gasteiger partial charge in [0.05, 0.1) is 40.5 Å². The number of aliphatic hydroxyl groups is 1. The van der Waals surface area contributed by atoms with Crippen LogP contribution >= 0.6 is 11.3 Å². The number of benzene rings is 3. The van der Waals surface area contributed by atoms with Crippen LogP contribution in [0.2, 0.25) is 0 Å². The number of anilines is 1. The van der Waals surface area contributed by atoms with Crippen molar-refractivity contribution in [2.24, 2.45) is 0 Å². The molecule has 0 radical (unpaired) electrons. The lowest BCUT2D eigenvalue weighted by Gasteiger charge is -2.22. The van der Waals surface area contributed by atoms with Crippen molar-refractivity contribution in [1.29, 1.82) is 0 Å². The van der Waals surface area contributed by atoms with Gasteiger partial charge >= 0.3 is 5.91 Å². The lowest BCUT2D eigenvalue weighted by molar-refractivity contribution is -0.384. The van der Waals surface area contributed by atoms with Crippen LogP contribution in [0, 0.1) is 10.1 Å². The fourth-order valence-electron chi connectivity index (χ4n) is 4.28. The molecule has 2 heterocycles. The summed E-state index contributed by atoms with van der Waals surface area (Å²) in [6.45, 7) is 2.31. The molecule has 1 aliphatic heterocycles. The smallest absolute Gasteiger partial charge is 0.301 e. The van der Waals surface area contributed by atoms with E-state index in [2.05, 4.69) is 4.98 Å². The molecule has 1 fully saturated rings. The van der Waals surface area contributed by atoms with Gasteiger partial charge in [-0.15, -0.1) is 0 Å². The van der Waals surface area contributed by atoms with Crippen LogP contribution in [0.5, 0.6) is 11.5 Å². The van der Waals surface area contributed by atoms with Crippen molar-refractivity contribution in [3.63, 3.8) is 0 Å². The van der Waals surface area contributed by atoms with E-state index in [1.807, 2.05) is 6.92 Å². The van der Waals surface area contributed by atoms with Crippen LogP contribution in [0.15, 0.2) is 72.3 Å². The van der Waals surface area contributed by atoms with Gasteiger partial charge in [-0.05, 0) is 67.1 Å². The minimum Gasteiger partial charge on any atom is -0.507 e. The summed E-state index contributed by atoms with van der Waals surface area (Å²) in [5.74, 6) is -0.943. The highest BCUT2D eigenvalue weighted by Crippen LogP contribution is 2.45. The molecule has 1 saturated heterocycles. The zero-order valence-electron chi connectivity index (χ0n) is 20.3. The van der Waals surface area contributed by atoms with Gasteiger partial charge in [-0.3, -0.25) is 24.6 Å². The number of nitro benzene ring substituents is 1. The van der Waals surface area contributed by atoms with Crippen LogP contribution < -0.4 is 14.4 Å². The molecule has 0 bridgehead atoms. The van der Waals surface area contributed by atoms with E-state index in [1.54, 1.807) is 42.5 Å². The highest BCUT2D eigenvalue weighted by molar-refractivity contribution is 7.22. The molecule has 3 aromatic carbocycles. The van der Waals surface area contributed by atoms with Crippen LogP contribution in [-0.2, 0) is 9.59 Å². The summed E-state index contributed by atoms with van der Waals surface area (Å²) in [7, 11) is 1.54. The quantitative estimate of drug-likeness (QED) is 0.113. The van der Waals surface area contributed by atoms with E-state index in [0.29, 0.717) is 34.7 Å². The summed E-state index contributed by atoms with van der Waals surface area (Å²) in [5.41, 5.74) is 1.02. The molecule has 1 aliphatic rings. The largest absolute Gasteiger partial charge is 0.507 e. The van der Waals surface area contributed by atoms with Gasteiger partial charge in [0, 0.05) is 17.7 Å². The van der Waals surface area contributed by atoms with Crippen LogP contribution in [0.3, 0.4) is 0 Å². The third-order valence-corrected chi connectivity index (χ3v) is 7.11. The van der Waals surface area contributed by atoms with Crippen molar-refractivity contribution in [3.8, 4) is 11.5 Å². The molecule has 0 spiro atoms. The lowest BCUT2D eigenvalue weighted by atomic mass is 9.95. The van der Waals surface area contributed by atoms with E-state index in [-0.39, 0.29) is 22.2 Å². The first-order valence-electron chi connectivity index (χ1n) is 11.6. The van der Waals surface area contributed by atoms with Crippen LogP contribution in [-0.4, -0.2) is 40.4 Å². The summed E-state index contributed by atoms with van der Waals surface area (Å²) < 4.78 is 11.5. The maximum absolute atomic E-state index is 13.4. The molecule has 4 aromatic rings. The van der Waals surface area contributed by atoms with Crippen molar-refractivity contribution in [2.45, 2.75) is 13.0 Å². The van der Waals surface area contributed by atoms with Gasteiger partial charge in [-0.2, -0.15) is 0 Å². The number of aliphatic hydroxyl groups excluding tert-OH is 1. The SMILES string of the molecule is CCOc1ccc(/C(O)=C2\C(=O)C(=O)N(c3nc4ccc(OC)cc4s3)[C@H]2c2ccc([N+](=O)[O-])cc2)cc1. The normalized spacial score (nSPS) is 16.7. The molecule has 11 heteroatoms. The maximum Gasteiger partial charge on any atom is 0.301 e. The Morgan fingerprint density at radius 2 is 1.76 bits per heavy atom. The van der Waals surface area contributed by atoms with Gasteiger partial charge in [-0.25, -0.2) is 4.98 Å². The van der Waals surface area contributed by atoms with E-state index >= 15 is 0 Å². The van der Waals surface area contributed by atoms with E-state index in [4.69, 9.17) is 9.47 Å². The Bertz CT molecular complexity index is 1590. The second kappa shape index (κ2) is 9.94.